The smallest absolute Gasteiger partial charge is 0.257 e. The molecular weight excluding hydrogens is 347 g/mol. The maximum absolute atomic E-state index is 13.0. The molecule has 1 atom stereocenters. The van der Waals surface area contributed by atoms with Gasteiger partial charge in [-0.15, -0.1) is 0 Å². The normalized spacial score (nSPS) is 17.1. The molecule has 1 saturated heterocycles. The maximum Gasteiger partial charge on any atom is 0.257 e. The molecule has 1 aliphatic heterocycles. The molecule has 138 valence electrons. The van der Waals surface area contributed by atoms with Gasteiger partial charge in [-0.05, 0) is 37.0 Å². The van der Waals surface area contributed by atoms with Crippen molar-refractivity contribution < 1.29 is 13.6 Å². The second kappa shape index (κ2) is 7.65. The van der Waals surface area contributed by atoms with E-state index in [-0.39, 0.29) is 17.8 Å². The van der Waals surface area contributed by atoms with Crippen molar-refractivity contribution in [1.82, 2.24) is 19.9 Å². The van der Waals surface area contributed by atoms with Gasteiger partial charge in [0.25, 0.3) is 5.91 Å². The number of carbonyl (C=O) groups is 1. The van der Waals surface area contributed by atoms with Crippen LogP contribution in [0.4, 0.5) is 4.39 Å². The molecule has 0 spiro atoms. The summed E-state index contributed by atoms with van der Waals surface area (Å²) in [6.45, 7) is 0.647. The largest absolute Gasteiger partial charge is 0.443 e. The van der Waals surface area contributed by atoms with Gasteiger partial charge in [-0.25, -0.2) is 19.3 Å². The van der Waals surface area contributed by atoms with Gasteiger partial charge in [0, 0.05) is 25.4 Å². The third kappa shape index (κ3) is 3.86. The molecule has 0 radical (unpaired) electrons. The lowest BCUT2D eigenvalue weighted by Crippen LogP contribution is -2.38. The minimum atomic E-state index is -0.265. The van der Waals surface area contributed by atoms with Crippen molar-refractivity contribution in [3.63, 3.8) is 0 Å². The van der Waals surface area contributed by atoms with E-state index in [4.69, 9.17) is 4.42 Å². The summed E-state index contributed by atoms with van der Waals surface area (Å²) in [7, 11) is 0. The van der Waals surface area contributed by atoms with Crippen molar-refractivity contribution in [2.24, 2.45) is 0 Å². The second-order valence-electron chi connectivity index (χ2n) is 6.61. The molecule has 2 aromatic heterocycles. The molecule has 1 aliphatic rings. The van der Waals surface area contributed by atoms with Crippen LogP contribution in [0.15, 0.2) is 53.6 Å². The van der Waals surface area contributed by atoms with Crippen molar-refractivity contribution in [2.75, 3.05) is 6.54 Å². The minimum absolute atomic E-state index is 0.112. The Kier molecular flexibility index (Phi) is 4.91. The highest BCUT2D eigenvalue weighted by atomic mass is 19.1. The number of hydrogen-bond acceptors (Lipinski definition) is 5. The fraction of sp³-hybridized carbons (Fsp3) is 0.300. The molecule has 0 saturated carbocycles. The number of nitrogens with zero attached hydrogens (tertiary/aromatic N) is 4. The molecule has 6 nitrogen and oxygen atoms in total. The zero-order chi connectivity index (χ0) is 18.6. The van der Waals surface area contributed by atoms with Crippen molar-refractivity contribution in [1.29, 1.82) is 0 Å². The van der Waals surface area contributed by atoms with Crippen LogP contribution in [0.1, 0.15) is 52.9 Å². The van der Waals surface area contributed by atoms with Crippen molar-refractivity contribution in [3.8, 4) is 0 Å². The minimum Gasteiger partial charge on any atom is -0.443 e. The lowest BCUT2D eigenvalue weighted by Gasteiger charge is -2.33. The molecule has 1 unspecified atom stereocenters. The Bertz CT molecular complexity index is 911. The van der Waals surface area contributed by atoms with Crippen LogP contribution >= 0.6 is 0 Å². The third-order valence-corrected chi connectivity index (χ3v) is 4.72. The highest BCUT2D eigenvalue weighted by Crippen LogP contribution is 2.32. The van der Waals surface area contributed by atoms with E-state index in [0.717, 1.165) is 24.8 Å². The molecule has 0 bridgehead atoms. The number of likely N-dealkylation sites (tertiary alicyclic amines) is 1. The first-order valence-electron chi connectivity index (χ1n) is 8.96. The van der Waals surface area contributed by atoms with Crippen molar-refractivity contribution >= 4 is 5.91 Å². The van der Waals surface area contributed by atoms with E-state index in [1.165, 1.54) is 30.9 Å². The van der Waals surface area contributed by atoms with Crippen molar-refractivity contribution in [2.45, 2.75) is 31.7 Å². The lowest BCUT2D eigenvalue weighted by atomic mass is 10.0. The molecule has 4 rings (SSSR count). The Morgan fingerprint density at radius 1 is 1.15 bits per heavy atom. The number of rotatable bonds is 4. The average molecular weight is 366 g/mol. The molecule has 3 heterocycles. The summed E-state index contributed by atoms with van der Waals surface area (Å²) in [6.07, 6.45) is 9.42. The number of oxazole rings is 1. The molecule has 1 aromatic carbocycles. The maximum atomic E-state index is 13.0. The molecule has 0 aliphatic carbocycles. The van der Waals surface area contributed by atoms with Crippen LogP contribution in [-0.2, 0) is 6.42 Å². The van der Waals surface area contributed by atoms with Crippen LogP contribution in [0.25, 0.3) is 0 Å². The standard InChI is InChI=1S/C20H19FN4O2/c21-16-6-4-14(5-7-16)9-17-12-24-19(27-17)18-3-1-2-8-25(18)20(26)15-10-22-13-23-11-15/h4-7,10-13,18H,1-3,8-9H2. The molecule has 1 fully saturated rings. The van der Waals surface area contributed by atoms with E-state index >= 15 is 0 Å². The molecule has 3 aromatic rings. The average Bonchev–Trinajstić information content (AvgIpc) is 3.18. The number of amides is 1. The number of aromatic nitrogens is 3. The predicted molar refractivity (Wildman–Crippen MR) is 95.4 cm³/mol. The second-order valence-corrected chi connectivity index (χ2v) is 6.61. The van der Waals surface area contributed by atoms with E-state index in [2.05, 4.69) is 15.0 Å². The Labute approximate surface area is 156 Å². The highest BCUT2D eigenvalue weighted by Gasteiger charge is 2.32. The van der Waals surface area contributed by atoms with Crippen LogP contribution in [-0.4, -0.2) is 32.3 Å². The molecule has 1 amide bonds. The summed E-state index contributed by atoms with van der Waals surface area (Å²) in [5.74, 6) is 0.853. The number of piperidine rings is 1. The molecule has 27 heavy (non-hydrogen) atoms. The van der Waals surface area contributed by atoms with E-state index in [9.17, 15) is 9.18 Å². The summed E-state index contributed by atoms with van der Waals surface area (Å²) in [6, 6.07) is 6.10. The van der Waals surface area contributed by atoms with Gasteiger partial charge >= 0.3 is 0 Å². The van der Waals surface area contributed by atoms with Gasteiger partial charge in [-0.1, -0.05) is 12.1 Å². The van der Waals surface area contributed by atoms with Gasteiger partial charge in [0.1, 0.15) is 23.9 Å². The van der Waals surface area contributed by atoms with Crippen LogP contribution in [0, 0.1) is 5.82 Å². The van der Waals surface area contributed by atoms with E-state index in [1.54, 1.807) is 23.2 Å². The number of hydrogen-bond donors (Lipinski definition) is 0. The van der Waals surface area contributed by atoms with E-state index in [1.807, 2.05) is 0 Å². The third-order valence-electron chi connectivity index (χ3n) is 4.72. The monoisotopic (exact) mass is 366 g/mol. The molecule has 0 N–H and O–H groups in total. The first kappa shape index (κ1) is 17.3. The molecular formula is C20H19FN4O2. The predicted octanol–water partition coefficient (Wildman–Crippen LogP) is 3.56. The zero-order valence-corrected chi connectivity index (χ0v) is 14.7. The van der Waals surface area contributed by atoms with E-state index in [0.29, 0.717) is 30.2 Å². The summed E-state index contributed by atoms with van der Waals surface area (Å²) in [5.41, 5.74) is 1.40. The van der Waals surface area contributed by atoms with Gasteiger partial charge < -0.3 is 9.32 Å². The first-order chi connectivity index (χ1) is 13.2. The Balaban J connectivity index is 1.53. The summed E-state index contributed by atoms with van der Waals surface area (Å²) in [4.78, 5) is 26.9. The Morgan fingerprint density at radius 3 is 2.70 bits per heavy atom. The number of carbonyl (C=O) groups excluding carboxylic acids is 1. The first-order valence-corrected chi connectivity index (χ1v) is 8.96. The Hall–Kier alpha value is -3.09. The SMILES string of the molecule is O=C(c1cncnc1)N1CCCCC1c1ncc(Cc2ccc(F)cc2)o1. The van der Waals surface area contributed by atoms with Crippen LogP contribution in [0.5, 0.6) is 0 Å². The summed E-state index contributed by atoms with van der Waals surface area (Å²) < 4.78 is 19.0. The van der Waals surface area contributed by atoms with Gasteiger partial charge in [-0.2, -0.15) is 0 Å². The topological polar surface area (TPSA) is 72.1 Å². The van der Waals surface area contributed by atoms with Crippen LogP contribution in [0.3, 0.4) is 0 Å². The van der Waals surface area contributed by atoms with Gasteiger partial charge in [0.15, 0.2) is 0 Å². The number of halogens is 1. The van der Waals surface area contributed by atoms with Gasteiger partial charge in [0.2, 0.25) is 5.89 Å². The van der Waals surface area contributed by atoms with Crippen molar-refractivity contribution in [3.05, 3.63) is 77.8 Å². The summed E-state index contributed by atoms with van der Waals surface area (Å²) >= 11 is 0. The van der Waals surface area contributed by atoms with Crippen LogP contribution < -0.4 is 0 Å². The van der Waals surface area contributed by atoms with Crippen LogP contribution in [0.2, 0.25) is 0 Å². The Morgan fingerprint density at radius 2 is 1.93 bits per heavy atom. The lowest BCUT2D eigenvalue weighted by molar-refractivity contribution is 0.0569. The van der Waals surface area contributed by atoms with Gasteiger partial charge in [-0.3, -0.25) is 4.79 Å². The van der Waals surface area contributed by atoms with E-state index < -0.39 is 0 Å². The summed E-state index contributed by atoms with van der Waals surface area (Å²) in [5, 5.41) is 0. The molecule has 7 heteroatoms. The highest BCUT2D eigenvalue weighted by molar-refractivity contribution is 5.93. The fourth-order valence-electron chi connectivity index (χ4n) is 3.37. The number of benzene rings is 1. The van der Waals surface area contributed by atoms with Gasteiger partial charge in [0.05, 0.1) is 11.8 Å². The zero-order valence-electron chi connectivity index (χ0n) is 14.7. The fourth-order valence-corrected chi connectivity index (χ4v) is 3.37. The quantitative estimate of drug-likeness (QED) is 0.706.